The average molecular weight is 259 g/mol. The summed E-state index contributed by atoms with van der Waals surface area (Å²) < 4.78 is 10.6. The van der Waals surface area contributed by atoms with Crippen LogP contribution in [0.4, 0.5) is 0 Å². The molecule has 3 atom stereocenters. The van der Waals surface area contributed by atoms with Gasteiger partial charge in [0.05, 0.1) is 19.1 Å². The van der Waals surface area contributed by atoms with Crippen LogP contribution >= 0.6 is 0 Å². The van der Waals surface area contributed by atoms with Gasteiger partial charge in [-0.1, -0.05) is 33.6 Å². The molecule has 0 radical (unpaired) electrons. The normalized spacial score (nSPS) is 16.1. The molecule has 0 fully saturated rings. The third-order valence-electron chi connectivity index (χ3n) is 3.42. The summed E-state index contributed by atoms with van der Waals surface area (Å²) in [6, 6.07) is 0.179. The van der Waals surface area contributed by atoms with Gasteiger partial charge in [0.1, 0.15) is 0 Å². The van der Waals surface area contributed by atoms with Gasteiger partial charge >= 0.3 is 5.97 Å². The molecule has 0 aromatic rings. The Balaban J connectivity index is 4.25. The van der Waals surface area contributed by atoms with Gasteiger partial charge in [-0.2, -0.15) is 0 Å². The summed E-state index contributed by atoms with van der Waals surface area (Å²) in [4.78, 5) is 11.7. The fourth-order valence-corrected chi connectivity index (χ4v) is 2.00. The molecule has 0 aromatic carbocycles. The smallest absolute Gasteiger partial charge is 0.308 e. The second-order valence-electron chi connectivity index (χ2n) is 4.75. The highest BCUT2D eigenvalue weighted by atomic mass is 16.5. The third-order valence-corrected chi connectivity index (χ3v) is 3.42. The van der Waals surface area contributed by atoms with Crippen LogP contribution in [0.5, 0.6) is 0 Å². The van der Waals surface area contributed by atoms with E-state index in [0.29, 0.717) is 18.9 Å². The summed E-state index contributed by atoms with van der Waals surface area (Å²) in [5, 5.41) is 3.24. The molecular formula is C14H29NO3. The number of carbonyl (C=O) groups excluding carboxylic acids is 1. The molecule has 0 aliphatic rings. The molecule has 4 heteroatoms. The van der Waals surface area contributed by atoms with Gasteiger partial charge in [0.15, 0.2) is 0 Å². The van der Waals surface area contributed by atoms with Crippen LogP contribution in [0.2, 0.25) is 0 Å². The lowest BCUT2D eigenvalue weighted by atomic mass is 9.93. The molecule has 0 amide bonds. The van der Waals surface area contributed by atoms with Crippen LogP contribution in [0.1, 0.15) is 46.5 Å². The second kappa shape index (κ2) is 10.3. The number of carbonyl (C=O) groups is 1. The zero-order chi connectivity index (χ0) is 14.0. The lowest BCUT2D eigenvalue weighted by Gasteiger charge is -2.29. The minimum absolute atomic E-state index is 0.126. The zero-order valence-electron chi connectivity index (χ0n) is 12.5. The largest absolute Gasteiger partial charge is 0.466 e. The highest BCUT2D eigenvalue weighted by molar-refractivity contribution is 5.70. The van der Waals surface area contributed by atoms with E-state index in [2.05, 4.69) is 26.1 Å². The van der Waals surface area contributed by atoms with Crippen molar-refractivity contribution in [2.45, 2.75) is 58.6 Å². The Hall–Kier alpha value is -0.610. The maximum absolute atomic E-state index is 11.7. The topological polar surface area (TPSA) is 47.6 Å². The van der Waals surface area contributed by atoms with Gasteiger partial charge in [-0.05, 0) is 19.4 Å². The lowest BCUT2D eigenvalue weighted by Crippen LogP contribution is -2.44. The fraction of sp³-hybridized carbons (Fsp3) is 0.929. The van der Waals surface area contributed by atoms with Crippen LogP contribution in [-0.2, 0) is 14.3 Å². The summed E-state index contributed by atoms with van der Waals surface area (Å²) >= 11 is 0. The van der Waals surface area contributed by atoms with Crippen LogP contribution < -0.4 is 5.32 Å². The summed E-state index contributed by atoms with van der Waals surface area (Å²) in [6.45, 7) is 6.89. The predicted molar refractivity (Wildman–Crippen MR) is 73.6 cm³/mol. The third kappa shape index (κ3) is 6.36. The van der Waals surface area contributed by atoms with Crippen molar-refractivity contribution < 1.29 is 14.3 Å². The molecule has 108 valence electrons. The molecular weight excluding hydrogens is 230 g/mol. The van der Waals surface area contributed by atoms with E-state index in [0.717, 1.165) is 19.3 Å². The second-order valence-corrected chi connectivity index (χ2v) is 4.75. The van der Waals surface area contributed by atoms with Gasteiger partial charge in [-0.25, -0.2) is 0 Å². The number of hydrogen-bond acceptors (Lipinski definition) is 4. The molecule has 0 aromatic heterocycles. The van der Waals surface area contributed by atoms with Crippen LogP contribution in [-0.4, -0.2) is 38.9 Å². The highest BCUT2D eigenvalue weighted by Crippen LogP contribution is 2.16. The number of rotatable bonds is 10. The average Bonchev–Trinajstić information content (AvgIpc) is 2.38. The first-order valence-electron chi connectivity index (χ1n) is 6.96. The molecule has 0 bridgehead atoms. The van der Waals surface area contributed by atoms with Crippen molar-refractivity contribution in [1.29, 1.82) is 0 Å². The summed E-state index contributed by atoms with van der Waals surface area (Å²) in [6.07, 6.45) is 3.20. The van der Waals surface area contributed by atoms with Crippen LogP contribution in [0.15, 0.2) is 0 Å². The molecule has 0 spiro atoms. The molecule has 4 nitrogen and oxygen atoms in total. The van der Waals surface area contributed by atoms with E-state index < -0.39 is 0 Å². The van der Waals surface area contributed by atoms with Crippen LogP contribution in [0.25, 0.3) is 0 Å². The summed E-state index contributed by atoms with van der Waals surface area (Å²) in [7, 11) is 3.56. The molecule has 0 unspecified atom stereocenters. The predicted octanol–water partition coefficient (Wildman–Crippen LogP) is 2.37. The Bertz CT molecular complexity index is 221. The Morgan fingerprint density at radius 2 is 2.00 bits per heavy atom. The van der Waals surface area contributed by atoms with Crippen molar-refractivity contribution in [2.75, 3.05) is 20.8 Å². The SMILES string of the molecule is CCCCOC(=O)C[C@@H](OC)[C@@H](NC)[C@@H](C)CC. The minimum Gasteiger partial charge on any atom is -0.466 e. The number of nitrogens with one attached hydrogen (secondary N) is 1. The first-order valence-corrected chi connectivity index (χ1v) is 6.96. The summed E-state index contributed by atoms with van der Waals surface area (Å²) in [5.41, 5.74) is 0. The molecule has 18 heavy (non-hydrogen) atoms. The van der Waals surface area contributed by atoms with E-state index in [-0.39, 0.29) is 18.1 Å². The standard InChI is InChI=1S/C14H29NO3/c1-6-8-9-18-13(16)10-12(17-5)14(15-4)11(3)7-2/h11-12,14-15H,6-10H2,1-5H3/t11-,12+,14-/m0/s1. The maximum Gasteiger partial charge on any atom is 0.308 e. The number of hydrogen-bond donors (Lipinski definition) is 1. The number of methoxy groups -OCH3 is 1. The van der Waals surface area contributed by atoms with Crippen molar-refractivity contribution in [3.63, 3.8) is 0 Å². The van der Waals surface area contributed by atoms with Crippen molar-refractivity contribution in [1.82, 2.24) is 5.32 Å². The Morgan fingerprint density at radius 3 is 2.44 bits per heavy atom. The molecule has 0 saturated heterocycles. The van der Waals surface area contributed by atoms with Gasteiger partial charge in [0, 0.05) is 13.2 Å². The van der Waals surface area contributed by atoms with Crippen molar-refractivity contribution in [2.24, 2.45) is 5.92 Å². The highest BCUT2D eigenvalue weighted by Gasteiger charge is 2.27. The van der Waals surface area contributed by atoms with Crippen molar-refractivity contribution >= 4 is 5.97 Å². The fourth-order valence-electron chi connectivity index (χ4n) is 2.00. The number of esters is 1. The quantitative estimate of drug-likeness (QED) is 0.483. The minimum atomic E-state index is -0.168. The molecule has 0 heterocycles. The molecule has 0 saturated carbocycles. The van der Waals surface area contributed by atoms with Crippen LogP contribution in [0, 0.1) is 5.92 Å². The van der Waals surface area contributed by atoms with Crippen molar-refractivity contribution in [3.05, 3.63) is 0 Å². The van der Waals surface area contributed by atoms with E-state index >= 15 is 0 Å². The van der Waals surface area contributed by atoms with Gasteiger partial charge < -0.3 is 14.8 Å². The lowest BCUT2D eigenvalue weighted by molar-refractivity contribution is -0.147. The van der Waals surface area contributed by atoms with E-state index in [1.165, 1.54) is 0 Å². The van der Waals surface area contributed by atoms with E-state index in [4.69, 9.17) is 9.47 Å². The van der Waals surface area contributed by atoms with Gasteiger partial charge in [0.25, 0.3) is 0 Å². The van der Waals surface area contributed by atoms with Crippen LogP contribution in [0.3, 0.4) is 0 Å². The Morgan fingerprint density at radius 1 is 1.33 bits per heavy atom. The maximum atomic E-state index is 11.7. The van der Waals surface area contributed by atoms with Crippen molar-refractivity contribution in [3.8, 4) is 0 Å². The molecule has 0 rings (SSSR count). The summed E-state index contributed by atoms with van der Waals surface area (Å²) in [5.74, 6) is 0.294. The first kappa shape index (κ1) is 17.4. The van der Waals surface area contributed by atoms with E-state index in [9.17, 15) is 4.79 Å². The Labute approximate surface area is 111 Å². The molecule has 0 aliphatic heterocycles. The number of unbranched alkanes of at least 4 members (excludes halogenated alkanes) is 1. The zero-order valence-corrected chi connectivity index (χ0v) is 12.5. The number of ether oxygens (including phenoxy) is 2. The number of likely N-dealkylation sites (N-methyl/N-ethyl adjacent to an activating group) is 1. The molecule has 0 aliphatic carbocycles. The monoisotopic (exact) mass is 259 g/mol. The first-order chi connectivity index (χ1) is 8.60. The van der Waals surface area contributed by atoms with Gasteiger partial charge in [0.2, 0.25) is 0 Å². The van der Waals surface area contributed by atoms with E-state index in [1.807, 2.05) is 7.05 Å². The van der Waals surface area contributed by atoms with E-state index in [1.54, 1.807) is 7.11 Å². The van der Waals surface area contributed by atoms with Gasteiger partial charge in [-0.15, -0.1) is 0 Å². The molecule has 1 N–H and O–H groups in total. The Kier molecular flexibility index (Phi) is 9.98. The van der Waals surface area contributed by atoms with Gasteiger partial charge in [-0.3, -0.25) is 4.79 Å².